The average Bonchev–Trinajstić information content (AvgIpc) is 2.26. The number of carbonyl (C=O) groups is 1. The van der Waals surface area contributed by atoms with Crippen molar-refractivity contribution >= 4 is 17.7 Å². The summed E-state index contributed by atoms with van der Waals surface area (Å²) in [6.45, 7) is 1.84. The van der Waals surface area contributed by atoms with E-state index in [0.29, 0.717) is 12.0 Å². The topological polar surface area (TPSA) is 61.1 Å². The lowest BCUT2D eigenvalue weighted by Crippen LogP contribution is -2.14. The molecule has 1 unspecified atom stereocenters. The van der Waals surface area contributed by atoms with Crippen molar-refractivity contribution in [3.63, 3.8) is 0 Å². The Hall–Kier alpha value is -1.47. The Morgan fingerprint density at radius 2 is 2.13 bits per heavy atom. The predicted molar refractivity (Wildman–Crippen MR) is 58.7 cm³/mol. The molecule has 1 aromatic rings. The molecular formula is C11H11NO2S. The van der Waals surface area contributed by atoms with Crippen molar-refractivity contribution in [2.75, 3.05) is 0 Å². The van der Waals surface area contributed by atoms with Gasteiger partial charge in [0.25, 0.3) is 0 Å². The van der Waals surface area contributed by atoms with Gasteiger partial charge in [-0.3, -0.25) is 4.79 Å². The zero-order valence-electron chi connectivity index (χ0n) is 8.30. The number of thioether (sulfide) groups is 1. The summed E-state index contributed by atoms with van der Waals surface area (Å²) in [5.41, 5.74) is 0.586. The molecule has 4 heteroatoms. The number of rotatable bonds is 4. The number of hydrogen-bond donors (Lipinski definition) is 1. The summed E-state index contributed by atoms with van der Waals surface area (Å²) in [6, 6.07) is 8.95. The van der Waals surface area contributed by atoms with Crippen molar-refractivity contribution in [2.45, 2.75) is 23.5 Å². The van der Waals surface area contributed by atoms with Gasteiger partial charge in [0, 0.05) is 4.90 Å². The van der Waals surface area contributed by atoms with Crippen molar-refractivity contribution in [2.24, 2.45) is 0 Å². The largest absolute Gasteiger partial charge is 0.480 e. The zero-order valence-corrected chi connectivity index (χ0v) is 9.12. The van der Waals surface area contributed by atoms with E-state index in [-0.39, 0.29) is 0 Å². The molecule has 0 spiro atoms. The van der Waals surface area contributed by atoms with Gasteiger partial charge in [-0.25, -0.2) is 0 Å². The highest BCUT2D eigenvalue weighted by atomic mass is 32.2. The van der Waals surface area contributed by atoms with Crippen LogP contribution in [0.4, 0.5) is 0 Å². The molecule has 0 saturated carbocycles. The molecule has 15 heavy (non-hydrogen) atoms. The van der Waals surface area contributed by atoms with Gasteiger partial charge in [0.05, 0.1) is 11.6 Å². The van der Waals surface area contributed by atoms with Crippen LogP contribution in [-0.4, -0.2) is 16.3 Å². The monoisotopic (exact) mass is 221 g/mol. The van der Waals surface area contributed by atoms with Gasteiger partial charge in [-0.1, -0.05) is 6.92 Å². The molecule has 0 radical (unpaired) electrons. The highest BCUT2D eigenvalue weighted by Gasteiger charge is 2.15. The molecule has 1 N–H and O–H groups in total. The third-order valence-corrected chi connectivity index (χ3v) is 3.27. The van der Waals surface area contributed by atoms with Gasteiger partial charge in [0.1, 0.15) is 5.25 Å². The lowest BCUT2D eigenvalue weighted by atomic mass is 10.2. The molecule has 0 aliphatic carbocycles. The average molecular weight is 221 g/mol. The molecule has 1 atom stereocenters. The van der Waals surface area contributed by atoms with E-state index in [9.17, 15) is 4.79 Å². The van der Waals surface area contributed by atoms with Crippen LogP contribution in [0.5, 0.6) is 0 Å². The van der Waals surface area contributed by atoms with Gasteiger partial charge in [-0.15, -0.1) is 11.8 Å². The number of hydrogen-bond acceptors (Lipinski definition) is 3. The Morgan fingerprint density at radius 3 is 2.53 bits per heavy atom. The zero-order chi connectivity index (χ0) is 11.3. The van der Waals surface area contributed by atoms with Crippen LogP contribution in [0.2, 0.25) is 0 Å². The van der Waals surface area contributed by atoms with Crippen LogP contribution in [0.15, 0.2) is 29.2 Å². The summed E-state index contributed by atoms with van der Waals surface area (Å²) in [5, 5.41) is 17.0. The van der Waals surface area contributed by atoms with Crippen LogP contribution in [0.3, 0.4) is 0 Å². The van der Waals surface area contributed by atoms with Gasteiger partial charge < -0.3 is 5.11 Å². The number of carboxylic acids is 1. The predicted octanol–water partition coefficient (Wildman–Crippen LogP) is 2.51. The molecular weight excluding hydrogens is 210 g/mol. The summed E-state index contributed by atoms with van der Waals surface area (Å²) >= 11 is 1.31. The second kappa shape index (κ2) is 5.42. The summed E-state index contributed by atoms with van der Waals surface area (Å²) in [4.78, 5) is 11.7. The fourth-order valence-corrected chi connectivity index (χ4v) is 1.97. The molecule has 0 aliphatic heterocycles. The standard InChI is InChI=1S/C11H11NO2S/c1-2-10(11(13)14)15-9-5-3-8(7-12)4-6-9/h3-6,10H,2H2,1H3,(H,13,14). The van der Waals surface area contributed by atoms with E-state index in [0.717, 1.165) is 4.90 Å². The van der Waals surface area contributed by atoms with Crippen molar-refractivity contribution < 1.29 is 9.90 Å². The molecule has 0 amide bonds. The molecule has 0 heterocycles. The van der Waals surface area contributed by atoms with E-state index in [1.165, 1.54) is 11.8 Å². The van der Waals surface area contributed by atoms with Crippen molar-refractivity contribution in [1.82, 2.24) is 0 Å². The fourth-order valence-electron chi connectivity index (χ4n) is 1.08. The highest BCUT2D eigenvalue weighted by Crippen LogP contribution is 2.25. The van der Waals surface area contributed by atoms with E-state index in [1.54, 1.807) is 24.3 Å². The first kappa shape index (κ1) is 11.6. The normalized spacial score (nSPS) is 11.7. The number of benzene rings is 1. The smallest absolute Gasteiger partial charge is 0.316 e. The Bertz CT molecular complexity index is 381. The molecule has 0 saturated heterocycles. The minimum absolute atomic E-state index is 0.419. The number of carboxylic acid groups (broad SMARTS) is 1. The van der Waals surface area contributed by atoms with Gasteiger partial charge >= 0.3 is 5.97 Å². The van der Waals surface area contributed by atoms with Gasteiger partial charge in [0.2, 0.25) is 0 Å². The number of nitrogens with zero attached hydrogens (tertiary/aromatic N) is 1. The quantitative estimate of drug-likeness (QED) is 0.793. The molecule has 1 aromatic carbocycles. The van der Waals surface area contributed by atoms with Crippen LogP contribution < -0.4 is 0 Å². The van der Waals surface area contributed by atoms with Crippen LogP contribution >= 0.6 is 11.8 Å². The van der Waals surface area contributed by atoms with E-state index >= 15 is 0 Å². The SMILES string of the molecule is CCC(Sc1ccc(C#N)cc1)C(=O)O. The number of aliphatic carboxylic acids is 1. The first-order chi connectivity index (χ1) is 7.17. The number of nitriles is 1. The van der Waals surface area contributed by atoms with Crippen LogP contribution in [0, 0.1) is 11.3 Å². The molecule has 3 nitrogen and oxygen atoms in total. The Balaban J connectivity index is 2.72. The lowest BCUT2D eigenvalue weighted by molar-refractivity contribution is -0.136. The van der Waals surface area contributed by atoms with Gasteiger partial charge in [-0.05, 0) is 30.7 Å². The van der Waals surface area contributed by atoms with Crippen molar-refractivity contribution in [3.8, 4) is 6.07 Å². The van der Waals surface area contributed by atoms with E-state index in [4.69, 9.17) is 10.4 Å². The summed E-state index contributed by atoms with van der Waals surface area (Å²) in [5.74, 6) is -0.799. The molecule has 1 rings (SSSR count). The first-order valence-electron chi connectivity index (χ1n) is 4.57. The van der Waals surface area contributed by atoms with Gasteiger partial charge in [0.15, 0.2) is 0 Å². The first-order valence-corrected chi connectivity index (χ1v) is 5.45. The lowest BCUT2D eigenvalue weighted by Gasteiger charge is -2.08. The van der Waals surface area contributed by atoms with E-state index < -0.39 is 11.2 Å². The summed E-state index contributed by atoms with van der Waals surface area (Å²) in [7, 11) is 0. The second-order valence-corrected chi connectivity index (χ2v) is 4.27. The minimum Gasteiger partial charge on any atom is -0.480 e. The molecule has 0 bridgehead atoms. The maximum atomic E-state index is 10.8. The maximum absolute atomic E-state index is 10.8. The Kier molecular flexibility index (Phi) is 4.19. The van der Waals surface area contributed by atoms with E-state index in [2.05, 4.69) is 0 Å². The van der Waals surface area contributed by atoms with Crippen LogP contribution in [-0.2, 0) is 4.79 Å². The molecule has 78 valence electrons. The maximum Gasteiger partial charge on any atom is 0.316 e. The minimum atomic E-state index is -0.799. The van der Waals surface area contributed by atoms with Crippen molar-refractivity contribution in [1.29, 1.82) is 5.26 Å². The Labute approximate surface area is 92.7 Å². The second-order valence-electron chi connectivity index (χ2n) is 2.99. The molecule has 0 fully saturated rings. The summed E-state index contributed by atoms with van der Waals surface area (Å²) < 4.78 is 0. The van der Waals surface area contributed by atoms with E-state index in [1.807, 2.05) is 13.0 Å². The highest BCUT2D eigenvalue weighted by molar-refractivity contribution is 8.00. The summed E-state index contributed by atoms with van der Waals surface area (Å²) in [6.07, 6.45) is 0.583. The third-order valence-electron chi connectivity index (χ3n) is 1.91. The van der Waals surface area contributed by atoms with Crippen molar-refractivity contribution in [3.05, 3.63) is 29.8 Å². The fraction of sp³-hybridized carbons (Fsp3) is 0.273. The molecule has 0 aliphatic rings. The van der Waals surface area contributed by atoms with Crippen LogP contribution in [0.1, 0.15) is 18.9 Å². The van der Waals surface area contributed by atoms with Gasteiger partial charge in [-0.2, -0.15) is 5.26 Å². The molecule has 0 aromatic heterocycles. The Morgan fingerprint density at radius 1 is 1.53 bits per heavy atom. The van der Waals surface area contributed by atoms with Crippen LogP contribution in [0.25, 0.3) is 0 Å². The third kappa shape index (κ3) is 3.30.